The first-order valence-corrected chi connectivity index (χ1v) is 9.21. The first kappa shape index (κ1) is 20.6. The number of ether oxygens (including phenoxy) is 1. The minimum absolute atomic E-state index is 0.111. The summed E-state index contributed by atoms with van der Waals surface area (Å²) in [6, 6.07) is 14.9. The highest BCUT2D eigenvalue weighted by Gasteiger charge is 2.01. The fourth-order valence-electron chi connectivity index (χ4n) is 2.35. The van der Waals surface area contributed by atoms with Crippen LogP contribution in [0.15, 0.2) is 53.5 Å². The quantitative estimate of drug-likeness (QED) is 0.368. The van der Waals surface area contributed by atoms with Gasteiger partial charge in [-0.3, -0.25) is 4.79 Å². The van der Waals surface area contributed by atoms with Gasteiger partial charge < -0.3 is 20.7 Å². The Morgan fingerprint density at radius 1 is 1.15 bits per heavy atom. The lowest BCUT2D eigenvalue weighted by Crippen LogP contribution is -2.39. The van der Waals surface area contributed by atoms with Gasteiger partial charge in [-0.25, -0.2) is 4.99 Å². The third kappa shape index (κ3) is 8.00. The maximum Gasteiger partial charge on any atom is 0.221 e. The van der Waals surface area contributed by atoms with E-state index in [4.69, 9.17) is 16.3 Å². The number of rotatable bonds is 8. The van der Waals surface area contributed by atoms with Gasteiger partial charge in [-0.05, 0) is 36.8 Å². The molecule has 1 amide bonds. The number of nitrogens with zero attached hydrogens (tertiary/aromatic N) is 1. The van der Waals surface area contributed by atoms with E-state index in [1.54, 1.807) is 6.07 Å². The van der Waals surface area contributed by atoms with Crippen LogP contribution in [0.1, 0.15) is 19.4 Å². The van der Waals surface area contributed by atoms with Crippen molar-refractivity contribution in [3.8, 4) is 5.75 Å². The molecule has 0 bridgehead atoms. The van der Waals surface area contributed by atoms with Gasteiger partial charge in [-0.2, -0.15) is 0 Å². The molecule has 0 saturated carbocycles. The Labute approximate surface area is 165 Å². The standard InChI is InChI=1S/C20H25ClN4O2/c1-3-22-20(24-14-16-6-4-7-17(21)12-16)23-10-11-27-19-9-5-8-18(13-19)25-15(2)26/h4-9,12-13H,3,10-11,14H2,1-2H3,(H,25,26)(H2,22,23,24). The van der Waals surface area contributed by atoms with Crippen molar-refractivity contribution in [3.63, 3.8) is 0 Å². The molecule has 0 saturated heterocycles. The van der Waals surface area contributed by atoms with E-state index in [1.165, 1.54) is 6.92 Å². The highest BCUT2D eigenvalue weighted by Crippen LogP contribution is 2.17. The van der Waals surface area contributed by atoms with Crippen LogP contribution in [0, 0.1) is 0 Å². The first-order valence-electron chi connectivity index (χ1n) is 8.84. The van der Waals surface area contributed by atoms with E-state index in [-0.39, 0.29) is 5.91 Å². The Bertz CT molecular complexity index is 780. The number of nitrogens with one attached hydrogen (secondary N) is 3. The lowest BCUT2D eigenvalue weighted by Gasteiger charge is -2.12. The molecule has 0 aliphatic carbocycles. The first-order chi connectivity index (χ1) is 13.1. The van der Waals surface area contributed by atoms with Crippen LogP contribution in [0.4, 0.5) is 5.69 Å². The minimum Gasteiger partial charge on any atom is -0.492 e. The smallest absolute Gasteiger partial charge is 0.221 e. The third-order valence-electron chi connectivity index (χ3n) is 3.47. The Balaban J connectivity index is 1.82. The summed E-state index contributed by atoms with van der Waals surface area (Å²) in [7, 11) is 0. The summed E-state index contributed by atoms with van der Waals surface area (Å²) < 4.78 is 5.72. The maximum atomic E-state index is 11.1. The fraction of sp³-hybridized carbons (Fsp3) is 0.300. The van der Waals surface area contributed by atoms with Crippen LogP contribution in [0.25, 0.3) is 0 Å². The normalized spacial score (nSPS) is 11.0. The second-order valence-corrected chi connectivity index (χ2v) is 6.25. The molecule has 3 N–H and O–H groups in total. The fourth-order valence-corrected chi connectivity index (χ4v) is 2.57. The zero-order valence-corrected chi connectivity index (χ0v) is 16.3. The van der Waals surface area contributed by atoms with Gasteiger partial charge in [0.25, 0.3) is 0 Å². The number of benzene rings is 2. The second-order valence-electron chi connectivity index (χ2n) is 5.81. The number of aliphatic imine (C=N–C) groups is 1. The van der Waals surface area contributed by atoms with Gasteiger partial charge in [0.1, 0.15) is 12.4 Å². The van der Waals surface area contributed by atoms with Gasteiger partial charge in [0.05, 0.1) is 13.1 Å². The monoisotopic (exact) mass is 388 g/mol. The molecule has 0 aliphatic heterocycles. The molecule has 0 aromatic heterocycles. The summed E-state index contributed by atoms with van der Waals surface area (Å²) in [6.07, 6.45) is 0. The van der Waals surface area contributed by atoms with Crippen LogP contribution in [0.5, 0.6) is 5.75 Å². The van der Waals surface area contributed by atoms with Crippen LogP contribution in [0.3, 0.4) is 0 Å². The highest BCUT2D eigenvalue weighted by molar-refractivity contribution is 6.30. The molecule has 0 spiro atoms. The number of carbonyl (C=O) groups is 1. The molecule has 2 aromatic carbocycles. The number of carbonyl (C=O) groups excluding carboxylic acids is 1. The van der Waals surface area contributed by atoms with Crippen LogP contribution >= 0.6 is 11.6 Å². The summed E-state index contributed by atoms with van der Waals surface area (Å²) in [5.74, 6) is 1.30. The molecule has 0 unspecified atom stereocenters. The van der Waals surface area contributed by atoms with Crippen molar-refractivity contribution < 1.29 is 9.53 Å². The lowest BCUT2D eigenvalue weighted by molar-refractivity contribution is -0.114. The zero-order valence-electron chi connectivity index (χ0n) is 15.6. The average molecular weight is 389 g/mol. The molecule has 6 nitrogen and oxygen atoms in total. The van der Waals surface area contributed by atoms with Crippen LogP contribution in [0.2, 0.25) is 5.02 Å². The molecular formula is C20H25ClN4O2. The molecule has 0 heterocycles. The number of guanidine groups is 1. The van der Waals surface area contributed by atoms with Crippen molar-refractivity contribution in [2.45, 2.75) is 20.4 Å². The largest absolute Gasteiger partial charge is 0.492 e. The van der Waals surface area contributed by atoms with Crippen molar-refractivity contribution in [2.24, 2.45) is 4.99 Å². The van der Waals surface area contributed by atoms with E-state index >= 15 is 0 Å². The van der Waals surface area contributed by atoms with E-state index in [2.05, 4.69) is 20.9 Å². The molecule has 7 heteroatoms. The maximum absolute atomic E-state index is 11.1. The molecular weight excluding hydrogens is 364 g/mol. The average Bonchev–Trinajstić information content (AvgIpc) is 2.63. The Morgan fingerprint density at radius 2 is 1.96 bits per heavy atom. The molecule has 0 fully saturated rings. The zero-order chi connectivity index (χ0) is 19.5. The van der Waals surface area contributed by atoms with Gasteiger partial charge in [0.2, 0.25) is 5.91 Å². The van der Waals surface area contributed by atoms with Gasteiger partial charge in [-0.15, -0.1) is 0 Å². The van der Waals surface area contributed by atoms with Crippen molar-refractivity contribution in [1.82, 2.24) is 10.6 Å². The predicted octanol–water partition coefficient (Wildman–Crippen LogP) is 3.43. The molecule has 27 heavy (non-hydrogen) atoms. The molecule has 0 atom stereocenters. The van der Waals surface area contributed by atoms with Crippen molar-refractivity contribution in [2.75, 3.05) is 25.0 Å². The van der Waals surface area contributed by atoms with E-state index in [0.717, 1.165) is 12.1 Å². The summed E-state index contributed by atoms with van der Waals surface area (Å²) >= 11 is 6.00. The van der Waals surface area contributed by atoms with Gasteiger partial charge >= 0.3 is 0 Å². The molecule has 2 aromatic rings. The second kappa shape index (κ2) is 11.1. The van der Waals surface area contributed by atoms with E-state index in [1.807, 2.05) is 49.4 Å². The SMILES string of the molecule is CCNC(=NCc1cccc(Cl)c1)NCCOc1cccc(NC(C)=O)c1. The van der Waals surface area contributed by atoms with Crippen LogP contribution in [-0.4, -0.2) is 31.6 Å². The Kier molecular flexibility index (Phi) is 8.45. The van der Waals surface area contributed by atoms with E-state index in [0.29, 0.717) is 42.1 Å². The van der Waals surface area contributed by atoms with Crippen LogP contribution in [-0.2, 0) is 11.3 Å². The van der Waals surface area contributed by atoms with Crippen molar-refractivity contribution in [3.05, 3.63) is 59.1 Å². The van der Waals surface area contributed by atoms with Gasteiger partial charge in [0.15, 0.2) is 5.96 Å². The molecule has 144 valence electrons. The number of amides is 1. The number of halogens is 1. The van der Waals surface area contributed by atoms with E-state index in [9.17, 15) is 4.79 Å². The Morgan fingerprint density at radius 3 is 2.70 bits per heavy atom. The number of hydrogen-bond donors (Lipinski definition) is 3. The summed E-state index contributed by atoms with van der Waals surface area (Å²) in [4.78, 5) is 15.7. The lowest BCUT2D eigenvalue weighted by atomic mass is 10.2. The number of hydrogen-bond acceptors (Lipinski definition) is 3. The highest BCUT2D eigenvalue weighted by atomic mass is 35.5. The number of anilines is 1. The Hall–Kier alpha value is -2.73. The van der Waals surface area contributed by atoms with E-state index < -0.39 is 0 Å². The molecule has 0 radical (unpaired) electrons. The summed E-state index contributed by atoms with van der Waals surface area (Å²) in [6.45, 7) is 5.84. The predicted molar refractivity (Wildman–Crippen MR) is 111 cm³/mol. The third-order valence-corrected chi connectivity index (χ3v) is 3.71. The topological polar surface area (TPSA) is 74.8 Å². The van der Waals surface area contributed by atoms with Crippen molar-refractivity contribution in [1.29, 1.82) is 0 Å². The van der Waals surface area contributed by atoms with Crippen LogP contribution < -0.4 is 20.7 Å². The molecule has 2 rings (SSSR count). The minimum atomic E-state index is -0.111. The van der Waals surface area contributed by atoms with Gasteiger partial charge in [0, 0.05) is 30.2 Å². The van der Waals surface area contributed by atoms with Gasteiger partial charge in [-0.1, -0.05) is 29.8 Å². The summed E-state index contributed by atoms with van der Waals surface area (Å²) in [5, 5.41) is 9.87. The summed E-state index contributed by atoms with van der Waals surface area (Å²) in [5.41, 5.74) is 1.76. The van der Waals surface area contributed by atoms with Crippen molar-refractivity contribution >= 4 is 29.2 Å². The molecule has 0 aliphatic rings.